The van der Waals surface area contributed by atoms with E-state index in [9.17, 15) is 27.6 Å². The van der Waals surface area contributed by atoms with Gasteiger partial charge < -0.3 is 15.4 Å². The number of nitrogens with zero attached hydrogens (tertiary/aromatic N) is 1. The first-order chi connectivity index (χ1) is 15.2. The maximum atomic E-state index is 12.7. The van der Waals surface area contributed by atoms with Gasteiger partial charge in [0.15, 0.2) is 6.61 Å². The highest BCUT2D eigenvalue weighted by Crippen LogP contribution is 2.30. The minimum absolute atomic E-state index is 0.00391. The third kappa shape index (κ3) is 7.11. The van der Waals surface area contributed by atoms with E-state index in [1.807, 2.05) is 0 Å². The van der Waals surface area contributed by atoms with Crippen LogP contribution in [0.3, 0.4) is 0 Å². The molecule has 0 unspecified atom stereocenters. The van der Waals surface area contributed by atoms with Gasteiger partial charge in [0.05, 0.1) is 11.8 Å². The standard InChI is InChI=1S/C21H19F3N4O4/c22-21(23,24)14-4-2-5-16(10-14)26-18(29)12-32-17-6-1-3-13(9-17)11-25-28-20(31)19(30)27-15-7-8-15/h1-6,9-11,15H,7-8,12H2,(H,26,29)(H,27,30)(H,28,31)/b25-11+. The van der Waals surface area contributed by atoms with Crippen LogP contribution in [0, 0.1) is 0 Å². The van der Waals surface area contributed by atoms with Crippen LogP contribution in [0.1, 0.15) is 24.0 Å². The number of amides is 3. The van der Waals surface area contributed by atoms with E-state index in [0.29, 0.717) is 11.3 Å². The molecule has 0 bridgehead atoms. The number of carbonyl (C=O) groups excluding carboxylic acids is 3. The van der Waals surface area contributed by atoms with Crippen LogP contribution in [0.2, 0.25) is 0 Å². The lowest BCUT2D eigenvalue weighted by Gasteiger charge is -2.10. The van der Waals surface area contributed by atoms with Crippen molar-refractivity contribution in [2.24, 2.45) is 5.10 Å². The molecule has 32 heavy (non-hydrogen) atoms. The normalized spacial score (nSPS) is 13.5. The molecule has 0 heterocycles. The Morgan fingerprint density at radius 1 is 1.06 bits per heavy atom. The van der Waals surface area contributed by atoms with E-state index in [2.05, 4.69) is 21.2 Å². The number of hydrogen-bond donors (Lipinski definition) is 3. The number of nitrogens with one attached hydrogen (secondary N) is 3. The minimum atomic E-state index is -4.51. The Kier molecular flexibility index (Phi) is 7.08. The van der Waals surface area contributed by atoms with Gasteiger partial charge in [-0.15, -0.1) is 0 Å². The highest BCUT2D eigenvalue weighted by Gasteiger charge is 2.30. The summed E-state index contributed by atoms with van der Waals surface area (Å²) in [7, 11) is 0. The molecule has 8 nitrogen and oxygen atoms in total. The van der Waals surface area contributed by atoms with Crippen molar-refractivity contribution in [3.63, 3.8) is 0 Å². The summed E-state index contributed by atoms with van der Waals surface area (Å²) in [5.41, 5.74) is 1.75. The fourth-order valence-corrected chi connectivity index (χ4v) is 2.50. The zero-order chi connectivity index (χ0) is 23.1. The molecule has 3 amide bonds. The van der Waals surface area contributed by atoms with Gasteiger partial charge >= 0.3 is 18.0 Å². The van der Waals surface area contributed by atoms with Crippen LogP contribution < -0.4 is 20.8 Å². The third-order valence-electron chi connectivity index (χ3n) is 4.20. The van der Waals surface area contributed by atoms with Gasteiger partial charge in [0, 0.05) is 11.7 Å². The summed E-state index contributed by atoms with van der Waals surface area (Å²) in [4.78, 5) is 35.1. The van der Waals surface area contributed by atoms with Crippen molar-refractivity contribution in [2.45, 2.75) is 25.1 Å². The van der Waals surface area contributed by atoms with Crippen LogP contribution in [0.25, 0.3) is 0 Å². The zero-order valence-corrected chi connectivity index (χ0v) is 16.6. The summed E-state index contributed by atoms with van der Waals surface area (Å²) in [6, 6.07) is 10.7. The predicted molar refractivity (Wildman–Crippen MR) is 109 cm³/mol. The van der Waals surface area contributed by atoms with Crippen molar-refractivity contribution in [2.75, 3.05) is 11.9 Å². The van der Waals surface area contributed by atoms with Crippen LogP contribution >= 0.6 is 0 Å². The Hall–Kier alpha value is -3.89. The summed E-state index contributed by atoms with van der Waals surface area (Å²) < 4.78 is 43.6. The van der Waals surface area contributed by atoms with Crippen LogP contribution in [-0.4, -0.2) is 36.6 Å². The number of hydrazone groups is 1. The second kappa shape index (κ2) is 9.94. The van der Waals surface area contributed by atoms with Crippen molar-refractivity contribution in [1.82, 2.24) is 10.7 Å². The lowest BCUT2D eigenvalue weighted by molar-refractivity contribution is -0.139. The fourth-order valence-electron chi connectivity index (χ4n) is 2.50. The van der Waals surface area contributed by atoms with Gasteiger partial charge in [-0.1, -0.05) is 18.2 Å². The van der Waals surface area contributed by atoms with Gasteiger partial charge in [0.1, 0.15) is 5.75 Å². The molecule has 0 radical (unpaired) electrons. The van der Waals surface area contributed by atoms with E-state index in [-0.39, 0.29) is 11.7 Å². The Bertz CT molecular complexity index is 1040. The Morgan fingerprint density at radius 3 is 2.53 bits per heavy atom. The number of alkyl halides is 3. The molecule has 1 saturated carbocycles. The molecule has 1 fully saturated rings. The molecule has 3 N–H and O–H groups in total. The van der Waals surface area contributed by atoms with Crippen molar-refractivity contribution in [3.05, 3.63) is 59.7 Å². The van der Waals surface area contributed by atoms with E-state index in [0.717, 1.165) is 25.0 Å². The molecule has 2 aromatic rings. The molecular formula is C21H19F3N4O4. The Labute approximate surface area is 180 Å². The maximum absolute atomic E-state index is 12.7. The molecule has 0 aliphatic heterocycles. The van der Waals surface area contributed by atoms with E-state index in [1.54, 1.807) is 18.2 Å². The lowest BCUT2D eigenvalue weighted by atomic mass is 10.2. The predicted octanol–water partition coefficient (Wildman–Crippen LogP) is 2.45. The largest absolute Gasteiger partial charge is 0.484 e. The van der Waals surface area contributed by atoms with Gasteiger partial charge in [-0.25, -0.2) is 5.43 Å². The number of halogens is 3. The topological polar surface area (TPSA) is 109 Å². The molecule has 1 aliphatic carbocycles. The van der Waals surface area contributed by atoms with Crippen LogP contribution in [0.5, 0.6) is 5.75 Å². The summed E-state index contributed by atoms with van der Waals surface area (Å²) in [5.74, 6) is -1.98. The van der Waals surface area contributed by atoms with Crippen molar-refractivity contribution in [3.8, 4) is 5.75 Å². The number of anilines is 1. The van der Waals surface area contributed by atoms with Crippen molar-refractivity contribution in [1.29, 1.82) is 0 Å². The van der Waals surface area contributed by atoms with E-state index >= 15 is 0 Å². The molecule has 0 aromatic heterocycles. The number of hydrogen-bond acceptors (Lipinski definition) is 5. The number of ether oxygens (including phenoxy) is 1. The zero-order valence-electron chi connectivity index (χ0n) is 16.6. The molecule has 2 aromatic carbocycles. The molecular weight excluding hydrogens is 429 g/mol. The fraction of sp³-hybridized carbons (Fsp3) is 0.238. The van der Waals surface area contributed by atoms with Crippen LogP contribution in [0.4, 0.5) is 18.9 Å². The van der Waals surface area contributed by atoms with E-state index in [4.69, 9.17) is 4.74 Å². The summed E-state index contributed by atoms with van der Waals surface area (Å²) in [6.45, 7) is -0.436. The third-order valence-corrected chi connectivity index (χ3v) is 4.20. The second-order valence-electron chi connectivity index (χ2n) is 6.93. The van der Waals surface area contributed by atoms with Crippen molar-refractivity contribution >= 4 is 29.6 Å². The molecule has 0 spiro atoms. The lowest BCUT2D eigenvalue weighted by Crippen LogP contribution is -2.38. The number of carbonyl (C=O) groups is 3. The highest BCUT2D eigenvalue weighted by molar-refractivity contribution is 6.35. The first kappa shape index (κ1) is 22.8. The average molecular weight is 448 g/mol. The number of rotatable bonds is 7. The SMILES string of the molecule is O=C(COc1cccc(/C=N/NC(=O)C(=O)NC2CC2)c1)Nc1cccc(C(F)(F)F)c1. The first-order valence-corrected chi connectivity index (χ1v) is 9.54. The number of benzene rings is 2. The minimum Gasteiger partial charge on any atom is -0.484 e. The van der Waals surface area contributed by atoms with Gasteiger partial charge in [0.2, 0.25) is 0 Å². The molecule has 0 atom stereocenters. The smallest absolute Gasteiger partial charge is 0.416 e. The van der Waals surface area contributed by atoms with E-state index < -0.39 is 36.1 Å². The van der Waals surface area contributed by atoms with Crippen LogP contribution in [-0.2, 0) is 20.6 Å². The quantitative estimate of drug-likeness (QED) is 0.343. The van der Waals surface area contributed by atoms with Crippen LogP contribution in [0.15, 0.2) is 53.6 Å². The Balaban J connectivity index is 1.48. The molecule has 11 heteroatoms. The Morgan fingerprint density at radius 2 is 1.81 bits per heavy atom. The van der Waals surface area contributed by atoms with E-state index in [1.165, 1.54) is 24.4 Å². The average Bonchev–Trinajstić information content (AvgIpc) is 3.56. The summed E-state index contributed by atoms with van der Waals surface area (Å²) in [5, 5.41) is 8.57. The first-order valence-electron chi connectivity index (χ1n) is 9.54. The van der Waals surface area contributed by atoms with Gasteiger partial charge in [-0.05, 0) is 48.7 Å². The molecule has 0 saturated heterocycles. The molecule has 1 aliphatic rings. The highest BCUT2D eigenvalue weighted by atomic mass is 19.4. The van der Waals surface area contributed by atoms with Gasteiger partial charge in [-0.2, -0.15) is 18.3 Å². The van der Waals surface area contributed by atoms with Gasteiger partial charge in [-0.3, -0.25) is 14.4 Å². The van der Waals surface area contributed by atoms with Gasteiger partial charge in [0.25, 0.3) is 5.91 Å². The molecule has 3 rings (SSSR count). The molecule has 168 valence electrons. The summed E-state index contributed by atoms with van der Waals surface area (Å²) in [6.07, 6.45) is -1.52. The van der Waals surface area contributed by atoms with Crippen molar-refractivity contribution < 1.29 is 32.3 Å². The second-order valence-corrected chi connectivity index (χ2v) is 6.93. The summed E-state index contributed by atoms with van der Waals surface area (Å²) >= 11 is 0. The maximum Gasteiger partial charge on any atom is 0.416 e. The monoisotopic (exact) mass is 448 g/mol.